The molecule has 1 aliphatic heterocycles. The molecule has 3 aromatic rings. The number of nitrogens with zero attached hydrogens (tertiary/aromatic N) is 4. The highest BCUT2D eigenvalue weighted by Crippen LogP contribution is 2.26. The van der Waals surface area contributed by atoms with Gasteiger partial charge in [-0.25, -0.2) is 15.0 Å². The summed E-state index contributed by atoms with van der Waals surface area (Å²) in [5.74, 6) is 1.65. The van der Waals surface area contributed by atoms with E-state index in [0.29, 0.717) is 41.2 Å². The monoisotopic (exact) mass is 412 g/mol. The van der Waals surface area contributed by atoms with Gasteiger partial charge < -0.3 is 15.1 Å². The van der Waals surface area contributed by atoms with Gasteiger partial charge in [-0.2, -0.15) is 0 Å². The van der Waals surface area contributed by atoms with Crippen molar-refractivity contribution in [3.8, 4) is 22.3 Å². The molecule has 1 fully saturated rings. The molecule has 2 N–H and O–H groups in total. The molecule has 1 unspecified atom stereocenters. The number of furan rings is 1. The minimum atomic E-state index is -0.354. The van der Waals surface area contributed by atoms with Crippen molar-refractivity contribution < 1.29 is 14.0 Å². The Bertz CT molecular complexity index is 1030. The molecule has 4 heterocycles. The summed E-state index contributed by atoms with van der Waals surface area (Å²) >= 11 is 1.44. The molecule has 29 heavy (non-hydrogen) atoms. The molecule has 1 aliphatic rings. The molecule has 0 aromatic carbocycles. The largest absolute Gasteiger partial charge is 0.458 e. The zero-order valence-corrected chi connectivity index (χ0v) is 16.8. The van der Waals surface area contributed by atoms with Gasteiger partial charge in [0.15, 0.2) is 11.6 Å². The molecule has 0 aliphatic carbocycles. The van der Waals surface area contributed by atoms with E-state index in [0.717, 1.165) is 5.76 Å². The van der Waals surface area contributed by atoms with Gasteiger partial charge >= 0.3 is 0 Å². The Hall–Kier alpha value is -3.11. The van der Waals surface area contributed by atoms with Gasteiger partial charge in [0, 0.05) is 30.7 Å². The van der Waals surface area contributed by atoms with Crippen molar-refractivity contribution in [2.75, 3.05) is 25.0 Å². The summed E-state index contributed by atoms with van der Waals surface area (Å²) in [5.41, 5.74) is 0.597. The van der Waals surface area contributed by atoms with Crippen LogP contribution in [0, 0.1) is 6.92 Å². The Morgan fingerprint density at radius 1 is 1.41 bits per heavy atom. The highest BCUT2D eigenvalue weighted by molar-refractivity contribution is 7.13. The highest BCUT2D eigenvalue weighted by Gasteiger charge is 2.27. The van der Waals surface area contributed by atoms with Gasteiger partial charge in [0.05, 0.1) is 12.6 Å². The van der Waals surface area contributed by atoms with E-state index in [4.69, 9.17) is 4.42 Å². The van der Waals surface area contributed by atoms with Gasteiger partial charge in [-0.05, 0) is 26.0 Å². The molecule has 1 atom stereocenters. The number of hydrogen-bond acceptors (Lipinski definition) is 8. The van der Waals surface area contributed by atoms with Gasteiger partial charge in [-0.1, -0.05) is 0 Å². The molecule has 2 amide bonds. The van der Waals surface area contributed by atoms with Crippen molar-refractivity contribution in [3.05, 3.63) is 35.5 Å². The molecule has 0 spiro atoms. The normalized spacial score (nSPS) is 17.2. The quantitative estimate of drug-likeness (QED) is 0.658. The minimum absolute atomic E-state index is 0.0763. The highest BCUT2D eigenvalue weighted by atomic mass is 32.1. The predicted octanol–water partition coefficient (Wildman–Crippen LogP) is 1.93. The lowest BCUT2D eigenvalue weighted by molar-refractivity contribution is -0.129. The van der Waals surface area contributed by atoms with E-state index >= 15 is 0 Å². The second kappa shape index (κ2) is 8.10. The van der Waals surface area contributed by atoms with Crippen LogP contribution in [0.3, 0.4) is 0 Å². The van der Waals surface area contributed by atoms with Crippen LogP contribution >= 0.6 is 11.3 Å². The molecule has 150 valence electrons. The van der Waals surface area contributed by atoms with Crippen LogP contribution in [0.25, 0.3) is 22.3 Å². The lowest BCUT2D eigenvalue weighted by atomic mass is 10.2. The summed E-state index contributed by atoms with van der Waals surface area (Å²) in [7, 11) is 0. The van der Waals surface area contributed by atoms with E-state index < -0.39 is 0 Å². The van der Waals surface area contributed by atoms with Crippen LogP contribution in [0.5, 0.6) is 0 Å². The number of anilines is 1. The summed E-state index contributed by atoms with van der Waals surface area (Å²) in [6.45, 7) is 4.86. The van der Waals surface area contributed by atoms with Crippen molar-refractivity contribution in [1.29, 1.82) is 0 Å². The van der Waals surface area contributed by atoms with Crippen LogP contribution in [-0.2, 0) is 9.59 Å². The fourth-order valence-electron chi connectivity index (χ4n) is 3.05. The third-order valence-corrected chi connectivity index (χ3v) is 5.37. The number of aromatic nitrogens is 3. The molecule has 3 aromatic heterocycles. The van der Waals surface area contributed by atoms with Crippen LogP contribution in [-0.4, -0.2) is 57.3 Å². The van der Waals surface area contributed by atoms with Gasteiger partial charge in [0.1, 0.15) is 22.3 Å². The SMILES string of the molecule is Cc1ccc(-c2nc(NC(=O)CN3CCNC(=O)C3C)cc(-c3nccs3)n2)o1. The Balaban J connectivity index is 1.58. The molecule has 1 saturated heterocycles. The Labute approximate surface area is 171 Å². The number of carbonyl (C=O) groups is 2. The topological polar surface area (TPSA) is 113 Å². The summed E-state index contributed by atoms with van der Waals surface area (Å²) in [6, 6.07) is 4.95. The zero-order chi connectivity index (χ0) is 20.4. The average Bonchev–Trinajstić information content (AvgIpc) is 3.37. The first-order valence-electron chi connectivity index (χ1n) is 9.17. The maximum atomic E-state index is 12.6. The number of amides is 2. The maximum absolute atomic E-state index is 12.6. The van der Waals surface area contributed by atoms with Gasteiger partial charge in [0.25, 0.3) is 0 Å². The molecular formula is C19H20N6O3S. The summed E-state index contributed by atoms with van der Waals surface area (Å²) in [4.78, 5) is 39.5. The van der Waals surface area contributed by atoms with E-state index in [1.54, 1.807) is 25.3 Å². The van der Waals surface area contributed by atoms with Gasteiger partial charge in [-0.15, -0.1) is 11.3 Å². The third-order valence-electron chi connectivity index (χ3n) is 4.58. The van der Waals surface area contributed by atoms with Gasteiger partial charge in [-0.3, -0.25) is 14.5 Å². The number of nitrogens with one attached hydrogen (secondary N) is 2. The van der Waals surface area contributed by atoms with Crippen molar-refractivity contribution >= 4 is 29.0 Å². The van der Waals surface area contributed by atoms with Crippen LogP contribution in [0.4, 0.5) is 5.82 Å². The first-order valence-corrected chi connectivity index (χ1v) is 10.0. The maximum Gasteiger partial charge on any atom is 0.239 e. The smallest absolute Gasteiger partial charge is 0.239 e. The van der Waals surface area contributed by atoms with Crippen molar-refractivity contribution in [2.45, 2.75) is 19.9 Å². The number of hydrogen-bond donors (Lipinski definition) is 2. The standard InChI is InChI=1S/C19H20N6O3S/c1-11-3-4-14(28-11)17-22-13(19-21-6-8-29-19)9-15(24-17)23-16(26)10-25-7-5-20-18(27)12(25)2/h3-4,6,8-9,12H,5,7,10H2,1-2H3,(H,20,27)(H,22,23,24,26). The van der Waals surface area contributed by atoms with E-state index in [1.165, 1.54) is 11.3 Å². The number of rotatable bonds is 5. The molecule has 4 rings (SSSR count). The lowest BCUT2D eigenvalue weighted by Crippen LogP contribution is -2.55. The first-order chi connectivity index (χ1) is 14.0. The van der Waals surface area contributed by atoms with Gasteiger partial charge in [0.2, 0.25) is 11.8 Å². The van der Waals surface area contributed by atoms with Crippen LogP contribution in [0.15, 0.2) is 34.2 Å². The molecular weight excluding hydrogens is 392 g/mol. The second-order valence-corrected chi connectivity index (χ2v) is 7.59. The third kappa shape index (κ3) is 4.33. The number of aryl methyl sites for hydroxylation is 1. The second-order valence-electron chi connectivity index (χ2n) is 6.70. The van der Waals surface area contributed by atoms with E-state index in [9.17, 15) is 9.59 Å². The minimum Gasteiger partial charge on any atom is -0.458 e. The Morgan fingerprint density at radius 3 is 3.00 bits per heavy atom. The fraction of sp³-hybridized carbons (Fsp3) is 0.316. The molecule has 10 heteroatoms. The van der Waals surface area contributed by atoms with Crippen molar-refractivity contribution in [2.24, 2.45) is 0 Å². The summed E-state index contributed by atoms with van der Waals surface area (Å²) in [5, 5.41) is 8.17. The van der Waals surface area contributed by atoms with Crippen molar-refractivity contribution in [3.63, 3.8) is 0 Å². The van der Waals surface area contributed by atoms with Crippen LogP contribution < -0.4 is 10.6 Å². The Morgan fingerprint density at radius 2 is 2.28 bits per heavy atom. The van der Waals surface area contributed by atoms with E-state index in [1.807, 2.05) is 23.3 Å². The predicted molar refractivity (Wildman–Crippen MR) is 108 cm³/mol. The zero-order valence-electron chi connectivity index (χ0n) is 16.0. The number of piperazine rings is 1. The Kier molecular flexibility index (Phi) is 5.36. The average molecular weight is 412 g/mol. The van der Waals surface area contributed by atoms with Crippen molar-refractivity contribution in [1.82, 2.24) is 25.2 Å². The first kappa shape index (κ1) is 19.2. The molecule has 0 bridgehead atoms. The van der Waals surface area contributed by atoms with Crippen LogP contribution in [0.1, 0.15) is 12.7 Å². The lowest BCUT2D eigenvalue weighted by Gasteiger charge is -2.31. The summed E-state index contributed by atoms with van der Waals surface area (Å²) in [6.07, 6.45) is 1.69. The van der Waals surface area contributed by atoms with E-state index in [-0.39, 0.29) is 24.4 Å². The summed E-state index contributed by atoms with van der Waals surface area (Å²) < 4.78 is 5.64. The van der Waals surface area contributed by atoms with Crippen LogP contribution in [0.2, 0.25) is 0 Å². The molecule has 0 radical (unpaired) electrons. The number of thiazole rings is 1. The number of carbonyl (C=O) groups excluding carboxylic acids is 2. The van der Waals surface area contributed by atoms with E-state index in [2.05, 4.69) is 25.6 Å². The fourth-order valence-corrected chi connectivity index (χ4v) is 3.65. The molecule has 9 nitrogen and oxygen atoms in total. The molecule has 0 saturated carbocycles.